The van der Waals surface area contributed by atoms with Crippen LogP contribution in [-0.4, -0.2) is 67.8 Å². The fraction of sp³-hybridized carbons (Fsp3) is 0.455. The molecular weight excluding hydrogens is 460 g/mol. The molecule has 184 valence electrons. The van der Waals surface area contributed by atoms with Gasteiger partial charge in [-0.15, -0.1) is 0 Å². The lowest BCUT2D eigenvalue weighted by atomic mass is 9.96. The van der Waals surface area contributed by atoms with Crippen molar-refractivity contribution in [3.63, 3.8) is 0 Å². The lowest BCUT2D eigenvalue weighted by molar-refractivity contribution is -0.126. The fourth-order valence-electron chi connectivity index (χ4n) is 3.74. The summed E-state index contributed by atoms with van der Waals surface area (Å²) >= 11 is 0. The van der Waals surface area contributed by atoms with E-state index in [1.165, 1.54) is 35.7 Å². The van der Waals surface area contributed by atoms with Crippen LogP contribution in [0.1, 0.15) is 37.0 Å². The molecule has 0 spiro atoms. The highest BCUT2D eigenvalue weighted by atomic mass is 32.2. The van der Waals surface area contributed by atoms with Crippen LogP contribution in [0.15, 0.2) is 41.4 Å². The zero-order valence-corrected chi connectivity index (χ0v) is 20.3. The van der Waals surface area contributed by atoms with Crippen molar-refractivity contribution in [2.75, 3.05) is 38.2 Å². The normalized spacial score (nSPS) is 14.6. The number of hydrogen-bond donors (Lipinski definition) is 2. The number of piperidine rings is 1. The lowest BCUT2D eigenvalue weighted by Gasteiger charge is -2.31. The lowest BCUT2D eigenvalue weighted by Crippen LogP contribution is -2.47. The number of hydrazine groups is 1. The van der Waals surface area contributed by atoms with Gasteiger partial charge in [-0.2, -0.15) is 9.29 Å². The van der Waals surface area contributed by atoms with E-state index < -0.39 is 15.9 Å². The van der Waals surface area contributed by atoms with Crippen LogP contribution < -0.4 is 20.5 Å². The summed E-state index contributed by atoms with van der Waals surface area (Å²) < 4.78 is 31.9. The second-order valence-electron chi connectivity index (χ2n) is 7.72. The van der Waals surface area contributed by atoms with Gasteiger partial charge in [-0.1, -0.05) is 19.9 Å². The summed E-state index contributed by atoms with van der Waals surface area (Å²) in [5, 5.41) is 0. The van der Waals surface area contributed by atoms with Crippen molar-refractivity contribution in [2.45, 2.75) is 31.6 Å². The Morgan fingerprint density at radius 2 is 1.85 bits per heavy atom. The summed E-state index contributed by atoms with van der Waals surface area (Å²) in [5.41, 5.74) is 4.98. The number of hydrogen-bond acceptors (Lipinski definition) is 8. The Bertz CT molecular complexity index is 1110. The average Bonchev–Trinajstić information content (AvgIpc) is 2.87. The van der Waals surface area contributed by atoms with Gasteiger partial charge in [-0.25, -0.2) is 13.4 Å². The molecule has 0 atom stereocenters. The van der Waals surface area contributed by atoms with Gasteiger partial charge in [0, 0.05) is 49.9 Å². The quantitative estimate of drug-likeness (QED) is 0.527. The predicted molar refractivity (Wildman–Crippen MR) is 126 cm³/mol. The number of carbonyl (C=O) groups is 2. The zero-order chi connectivity index (χ0) is 24.7. The van der Waals surface area contributed by atoms with Crippen molar-refractivity contribution in [2.24, 2.45) is 5.92 Å². The van der Waals surface area contributed by atoms with Crippen molar-refractivity contribution >= 4 is 27.8 Å². The molecule has 1 saturated heterocycles. The third kappa shape index (κ3) is 5.81. The van der Waals surface area contributed by atoms with Crippen LogP contribution in [-0.2, 0) is 14.8 Å². The zero-order valence-electron chi connectivity index (χ0n) is 19.5. The molecule has 1 aromatic carbocycles. The Kier molecular flexibility index (Phi) is 8.40. The van der Waals surface area contributed by atoms with Crippen molar-refractivity contribution in [1.29, 1.82) is 0 Å². The largest absolute Gasteiger partial charge is 0.481 e. The molecule has 3 rings (SSSR count). The molecule has 0 unspecified atom stereocenters. The van der Waals surface area contributed by atoms with Crippen molar-refractivity contribution in [1.82, 2.24) is 25.1 Å². The van der Waals surface area contributed by atoms with Crippen LogP contribution in [0.2, 0.25) is 0 Å². The monoisotopic (exact) mass is 490 g/mol. The SMILES string of the molecule is CCN(CC)S(=O)(=O)c1cccc(C(=O)NNC(=O)C2CCN(c3nccc(OC)n3)CC2)c1. The predicted octanol–water partition coefficient (Wildman–Crippen LogP) is 1.19. The number of nitrogens with one attached hydrogen (secondary N) is 2. The van der Waals surface area contributed by atoms with Gasteiger partial charge in [0.2, 0.25) is 27.8 Å². The molecule has 0 saturated carbocycles. The van der Waals surface area contributed by atoms with Gasteiger partial charge in [0.1, 0.15) is 0 Å². The Morgan fingerprint density at radius 3 is 2.50 bits per heavy atom. The van der Waals surface area contributed by atoms with E-state index in [4.69, 9.17) is 4.74 Å². The molecule has 0 bridgehead atoms. The summed E-state index contributed by atoms with van der Waals surface area (Å²) in [7, 11) is -2.16. The maximum absolute atomic E-state index is 12.7. The molecule has 1 aromatic heterocycles. The molecule has 1 aliphatic rings. The van der Waals surface area contributed by atoms with Gasteiger partial charge < -0.3 is 9.64 Å². The molecule has 34 heavy (non-hydrogen) atoms. The highest BCUT2D eigenvalue weighted by molar-refractivity contribution is 7.89. The number of amides is 2. The summed E-state index contributed by atoms with van der Waals surface area (Å²) in [5.74, 6) is -0.150. The summed E-state index contributed by atoms with van der Waals surface area (Å²) in [6.07, 6.45) is 2.76. The van der Waals surface area contributed by atoms with Crippen molar-refractivity contribution in [3.8, 4) is 5.88 Å². The minimum Gasteiger partial charge on any atom is -0.481 e. The number of carbonyl (C=O) groups excluding carboxylic acids is 2. The number of benzene rings is 1. The van der Waals surface area contributed by atoms with Gasteiger partial charge in [-0.05, 0) is 31.0 Å². The Hall–Kier alpha value is -3.25. The van der Waals surface area contributed by atoms with Gasteiger partial charge >= 0.3 is 0 Å². The fourth-order valence-corrected chi connectivity index (χ4v) is 5.25. The number of nitrogens with zero attached hydrogens (tertiary/aromatic N) is 4. The first-order valence-corrected chi connectivity index (χ1v) is 12.6. The number of anilines is 1. The van der Waals surface area contributed by atoms with Crippen LogP contribution >= 0.6 is 0 Å². The van der Waals surface area contributed by atoms with E-state index in [1.807, 2.05) is 4.90 Å². The van der Waals surface area contributed by atoms with Crippen LogP contribution in [0.3, 0.4) is 0 Å². The molecule has 1 aliphatic heterocycles. The third-order valence-electron chi connectivity index (χ3n) is 5.71. The van der Waals surface area contributed by atoms with Crippen LogP contribution in [0.5, 0.6) is 5.88 Å². The van der Waals surface area contributed by atoms with Gasteiger partial charge in [0.05, 0.1) is 12.0 Å². The minimum absolute atomic E-state index is 0.0299. The molecule has 11 nitrogen and oxygen atoms in total. The topological polar surface area (TPSA) is 134 Å². The van der Waals surface area contributed by atoms with E-state index in [9.17, 15) is 18.0 Å². The van der Waals surface area contributed by atoms with Crippen LogP contribution in [0, 0.1) is 5.92 Å². The van der Waals surface area contributed by atoms with Gasteiger partial charge in [-0.3, -0.25) is 20.4 Å². The third-order valence-corrected chi connectivity index (χ3v) is 7.76. The van der Waals surface area contributed by atoms with Crippen LogP contribution in [0.4, 0.5) is 5.95 Å². The summed E-state index contributed by atoms with van der Waals surface area (Å²) in [4.78, 5) is 35.7. The number of sulfonamides is 1. The highest BCUT2D eigenvalue weighted by Gasteiger charge is 2.27. The van der Waals surface area contributed by atoms with E-state index in [1.54, 1.807) is 26.1 Å². The number of methoxy groups -OCH3 is 1. The molecule has 12 heteroatoms. The average molecular weight is 491 g/mol. The molecular formula is C22H30N6O5S. The maximum Gasteiger partial charge on any atom is 0.269 e. The minimum atomic E-state index is -3.70. The van der Waals surface area contributed by atoms with Gasteiger partial charge in [0.15, 0.2) is 0 Å². The Labute approximate surface area is 199 Å². The number of ether oxygens (including phenoxy) is 1. The Morgan fingerprint density at radius 1 is 1.15 bits per heavy atom. The first-order valence-electron chi connectivity index (χ1n) is 11.1. The smallest absolute Gasteiger partial charge is 0.269 e. The molecule has 2 heterocycles. The second-order valence-corrected chi connectivity index (χ2v) is 9.66. The Balaban J connectivity index is 1.55. The highest BCUT2D eigenvalue weighted by Crippen LogP contribution is 2.22. The molecule has 1 fully saturated rings. The van der Waals surface area contributed by atoms with E-state index in [0.717, 1.165) is 0 Å². The van der Waals surface area contributed by atoms with E-state index >= 15 is 0 Å². The molecule has 2 N–H and O–H groups in total. The van der Waals surface area contributed by atoms with E-state index in [2.05, 4.69) is 20.8 Å². The van der Waals surface area contributed by atoms with Crippen molar-refractivity contribution in [3.05, 3.63) is 42.1 Å². The van der Waals surface area contributed by atoms with Crippen LogP contribution in [0.25, 0.3) is 0 Å². The second kappa shape index (κ2) is 11.3. The molecule has 0 radical (unpaired) electrons. The van der Waals surface area contributed by atoms with E-state index in [-0.39, 0.29) is 22.3 Å². The molecule has 2 amide bonds. The molecule has 2 aromatic rings. The first-order chi connectivity index (χ1) is 16.3. The standard InChI is InChI=1S/C22H30N6O5S/c1-4-28(5-2)34(31,32)18-8-6-7-17(15-18)21(30)26-25-20(29)16-10-13-27(14-11-16)22-23-12-9-19(24-22)33-3/h6-9,12,15-16H,4-5,10-11,13-14H2,1-3H3,(H,25,29)(H,26,30). The summed E-state index contributed by atoms with van der Waals surface area (Å²) in [6.45, 7) is 5.33. The van der Waals surface area contributed by atoms with Crippen molar-refractivity contribution < 1.29 is 22.7 Å². The number of aromatic nitrogens is 2. The van der Waals surface area contributed by atoms with Gasteiger partial charge in [0.25, 0.3) is 5.91 Å². The summed E-state index contributed by atoms with van der Waals surface area (Å²) in [6, 6.07) is 7.42. The first kappa shape index (κ1) is 25.4. The molecule has 0 aliphatic carbocycles. The maximum atomic E-state index is 12.7. The van der Waals surface area contributed by atoms with E-state index in [0.29, 0.717) is 50.8 Å². The number of rotatable bonds is 8.